The lowest BCUT2D eigenvalue weighted by atomic mass is 10.2. The number of fused-ring (bicyclic) bond motifs is 1. The molecule has 0 aliphatic rings. The number of nitrogens with zero attached hydrogens (tertiary/aromatic N) is 3. The van der Waals surface area contributed by atoms with Crippen molar-refractivity contribution in [3.63, 3.8) is 0 Å². The van der Waals surface area contributed by atoms with Crippen LogP contribution in [0, 0.1) is 11.3 Å². The molecule has 0 unspecified atom stereocenters. The lowest BCUT2D eigenvalue weighted by Gasteiger charge is -2.08. The summed E-state index contributed by atoms with van der Waals surface area (Å²) in [5.74, 6) is 0.821. The molecule has 23 heavy (non-hydrogen) atoms. The summed E-state index contributed by atoms with van der Waals surface area (Å²) in [5, 5.41) is 9.85. The van der Waals surface area contributed by atoms with Crippen LogP contribution in [0.4, 0.5) is 0 Å². The van der Waals surface area contributed by atoms with Crippen LogP contribution in [0.1, 0.15) is 11.1 Å². The second kappa shape index (κ2) is 7.32. The predicted molar refractivity (Wildman–Crippen MR) is 92.3 cm³/mol. The molecule has 1 aromatic heterocycles. The molecule has 1 heterocycles. The molecule has 3 rings (SSSR count). The standard InChI is InChI=1S/C18H17N3OS/c1-22-11-10-21-17-5-3-2-4-16(17)20-18(21)23-13-15-8-6-14(12-19)7-9-15/h2-9H,10-11,13H2,1H3. The molecule has 0 N–H and O–H groups in total. The fourth-order valence-electron chi connectivity index (χ4n) is 2.39. The number of methoxy groups -OCH3 is 1. The molecule has 0 fully saturated rings. The van der Waals surface area contributed by atoms with Crippen LogP contribution in [0.2, 0.25) is 0 Å². The highest BCUT2D eigenvalue weighted by atomic mass is 32.2. The average Bonchev–Trinajstić information content (AvgIpc) is 2.96. The fraction of sp³-hybridized carbons (Fsp3) is 0.222. The molecule has 0 saturated heterocycles. The van der Waals surface area contributed by atoms with E-state index in [2.05, 4.69) is 16.7 Å². The third-order valence-electron chi connectivity index (χ3n) is 3.59. The van der Waals surface area contributed by atoms with Crippen LogP contribution in [0.3, 0.4) is 0 Å². The van der Waals surface area contributed by atoms with Gasteiger partial charge in [-0.2, -0.15) is 5.26 Å². The average molecular weight is 323 g/mol. The van der Waals surface area contributed by atoms with E-state index in [0.717, 1.165) is 28.5 Å². The van der Waals surface area contributed by atoms with Crippen LogP contribution >= 0.6 is 11.8 Å². The van der Waals surface area contributed by atoms with Crippen molar-refractivity contribution in [1.82, 2.24) is 9.55 Å². The van der Waals surface area contributed by atoms with Crippen molar-refractivity contribution in [2.75, 3.05) is 13.7 Å². The molecule has 4 nitrogen and oxygen atoms in total. The van der Waals surface area contributed by atoms with Crippen LogP contribution < -0.4 is 0 Å². The zero-order valence-electron chi connectivity index (χ0n) is 12.9. The first kappa shape index (κ1) is 15.6. The zero-order chi connectivity index (χ0) is 16.1. The highest BCUT2D eigenvalue weighted by Gasteiger charge is 2.10. The van der Waals surface area contributed by atoms with E-state index in [1.807, 2.05) is 42.5 Å². The monoisotopic (exact) mass is 323 g/mol. The molecule has 0 aliphatic heterocycles. The maximum atomic E-state index is 8.86. The Kier molecular flexibility index (Phi) is 4.96. The summed E-state index contributed by atoms with van der Waals surface area (Å²) >= 11 is 1.70. The van der Waals surface area contributed by atoms with Crippen molar-refractivity contribution in [1.29, 1.82) is 5.26 Å². The Morgan fingerprint density at radius 1 is 1.17 bits per heavy atom. The van der Waals surface area contributed by atoms with E-state index < -0.39 is 0 Å². The first-order valence-electron chi connectivity index (χ1n) is 7.38. The number of imidazole rings is 1. The van der Waals surface area contributed by atoms with Crippen LogP contribution in [0.5, 0.6) is 0 Å². The molecule has 0 radical (unpaired) electrons. The molecular weight excluding hydrogens is 306 g/mol. The molecule has 0 atom stereocenters. The second-order valence-electron chi connectivity index (χ2n) is 5.12. The minimum Gasteiger partial charge on any atom is -0.383 e. The number of rotatable bonds is 6. The normalized spacial score (nSPS) is 10.8. The van der Waals surface area contributed by atoms with E-state index in [4.69, 9.17) is 15.0 Å². The summed E-state index contributed by atoms with van der Waals surface area (Å²) in [4.78, 5) is 4.73. The number of hydrogen-bond donors (Lipinski definition) is 0. The quantitative estimate of drug-likeness (QED) is 0.647. The molecule has 0 bridgehead atoms. The van der Waals surface area contributed by atoms with Crippen LogP contribution in [-0.4, -0.2) is 23.3 Å². The van der Waals surface area contributed by atoms with Crippen LogP contribution in [-0.2, 0) is 17.0 Å². The van der Waals surface area contributed by atoms with Crippen molar-refractivity contribution in [3.05, 3.63) is 59.7 Å². The molecule has 0 aliphatic carbocycles. The van der Waals surface area contributed by atoms with Gasteiger partial charge in [0, 0.05) is 19.4 Å². The van der Waals surface area contributed by atoms with E-state index in [9.17, 15) is 0 Å². The lowest BCUT2D eigenvalue weighted by molar-refractivity contribution is 0.186. The Morgan fingerprint density at radius 2 is 1.96 bits per heavy atom. The minimum atomic E-state index is 0.658. The van der Waals surface area contributed by atoms with Crippen molar-refractivity contribution in [2.24, 2.45) is 0 Å². The Labute approximate surface area is 139 Å². The molecule has 3 aromatic rings. The topological polar surface area (TPSA) is 50.8 Å². The summed E-state index contributed by atoms with van der Waals surface area (Å²) in [5.41, 5.74) is 4.00. The van der Waals surface area contributed by atoms with Gasteiger partial charge in [-0.05, 0) is 29.8 Å². The van der Waals surface area contributed by atoms with Gasteiger partial charge in [-0.15, -0.1) is 0 Å². The van der Waals surface area contributed by atoms with Gasteiger partial charge in [0.05, 0.1) is 29.3 Å². The van der Waals surface area contributed by atoms with Gasteiger partial charge in [0.25, 0.3) is 0 Å². The number of benzene rings is 2. The van der Waals surface area contributed by atoms with E-state index in [1.54, 1.807) is 18.9 Å². The van der Waals surface area contributed by atoms with Gasteiger partial charge in [-0.25, -0.2) is 4.98 Å². The van der Waals surface area contributed by atoms with Gasteiger partial charge in [0.1, 0.15) is 0 Å². The number of para-hydroxylation sites is 2. The summed E-state index contributed by atoms with van der Waals surface area (Å²) in [6, 6.07) is 18.0. The maximum absolute atomic E-state index is 8.86. The highest BCUT2D eigenvalue weighted by Crippen LogP contribution is 2.26. The van der Waals surface area contributed by atoms with Crippen molar-refractivity contribution >= 4 is 22.8 Å². The maximum Gasteiger partial charge on any atom is 0.169 e. The van der Waals surface area contributed by atoms with Gasteiger partial charge in [0.15, 0.2) is 5.16 Å². The first-order chi connectivity index (χ1) is 11.3. The lowest BCUT2D eigenvalue weighted by Crippen LogP contribution is -2.05. The molecule has 116 valence electrons. The summed E-state index contributed by atoms with van der Waals surface area (Å²) in [6.45, 7) is 1.44. The zero-order valence-corrected chi connectivity index (χ0v) is 13.7. The second-order valence-corrected chi connectivity index (χ2v) is 6.07. The molecule has 2 aromatic carbocycles. The van der Waals surface area contributed by atoms with E-state index in [1.165, 1.54) is 5.56 Å². The number of nitriles is 1. The van der Waals surface area contributed by atoms with Gasteiger partial charge in [-0.1, -0.05) is 36.0 Å². The Balaban J connectivity index is 1.82. The summed E-state index contributed by atoms with van der Waals surface area (Å²) in [7, 11) is 1.71. The number of hydrogen-bond acceptors (Lipinski definition) is 4. The molecule has 0 saturated carbocycles. The van der Waals surface area contributed by atoms with Gasteiger partial charge in [0.2, 0.25) is 0 Å². The number of aromatic nitrogens is 2. The third kappa shape index (κ3) is 3.55. The third-order valence-corrected chi connectivity index (χ3v) is 4.64. The van der Waals surface area contributed by atoms with Gasteiger partial charge >= 0.3 is 0 Å². The van der Waals surface area contributed by atoms with E-state index in [0.29, 0.717) is 12.2 Å². The van der Waals surface area contributed by atoms with Gasteiger partial charge in [-0.3, -0.25) is 0 Å². The van der Waals surface area contributed by atoms with Gasteiger partial charge < -0.3 is 9.30 Å². The highest BCUT2D eigenvalue weighted by molar-refractivity contribution is 7.98. The van der Waals surface area contributed by atoms with Crippen molar-refractivity contribution in [3.8, 4) is 6.07 Å². The molecular formula is C18H17N3OS. The number of ether oxygens (including phenoxy) is 1. The Hall–Kier alpha value is -2.29. The predicted octanol–water partition coefficient (Wildman–Crippen LogP) is 3.85. The Morgan fingerprint density at radius 3 is 2.70 bits per heavy atom. The molecule has 0 amide bonds. The first-order valence-corrected chi connectivity index (χ1v) is 8.36. The number of thioether (sulfide) groups is 1. The van der Waals surface area contributed by atoms with Crippen molar-refractivity contribution in [2.45, 2.75) is 17.5 Å². The Bertz CT molecular complexity index is 834. The van der Waals surface area contributed by atoms with E-state index in [-0.39, 0.29) is 0 Å². The van der Waals surface area contributed by atoms with Crippen LogP contribution in [0.15, 0.2) is 53.7 Å². The summed E-state index contributed by atoms with van der Waals surface area (Å²) < 4.78 is 7.42. The van der Waals surface area contributed by atoms with Crippen LogP contribution in [0.25, 0.3) is 11.0 Å². The fourth-order valence-corrected chi connectivity index (χ4v) is 3.38. The smallest absolute Gasteiger partial charge is 0.169 e. The van der Waals surface area contributed by atoms with Crippen molar-refractivity contribution < 1.29 is 4.74 Å². The van der Waals surface area contributed by atoms with E-state index >= 15 is 0 Å². The molecule has 5 heteroatoms. The summed E-state index contributed by atoms with van der Waals surface area (Å²) in [6.07, 6.45) is 0. The largest absolute Gasteiger partial charge is 0.383 e. The molecule has 0 spiro atoms. The minimum absolute atomic E-state index is 0.658. The SMILES string of the molecule is COCCn1c(SCc2ccc(C#N)cc2)nc2ccccc21.